The van der Waals surface area contributed by atoms with E-state index in [2.05, 4.69) is 22.9 Å². The molecule has 0 spiro atoms. The summed E-state index contributed by atoms with van der Waals surface area (Å²) in [7, 11) is 2.06. The fourth-order valence-corrected chi connectivity index (χ4v) is 2.36. The summed E-state index contributed by atoms with van der Waals surface area (Å²) in [5, 5.41) is 18.2. The molecule has 4 nitrogen and oxygen atoms in total. The van der Waals surface area contributed by atoms with E-state index < -0.39 is 0 Å². The summed E-state index contributed by atoms with van der Waals surface area (Å²) < 4.78 is 0. The Morgan fingerprint density at radius 2 is 2.06 bits per heavy atom. The molecule has 0 aromatic heterocycles. The number of aliphatic hydroxyl groups excluding tert-OH is 1. The Balaban J connectivity index is 2.13. The Hall–Kier alpha value is -1.57. The van der Waals surface area contributed by atoms with Gasteiger partial charge in [0.05, 0.1) is 18.2 Å². The minimum Gasteiger partial charge on any atom is -0.395 e. The van der Waals surface area contributed by atoms with Gasteiger partial charge in [-0.2, -0.15) is 5.26 Å². The van der Waals surface area contributed by atoms with Crippen molar-refractivity contribution in [1.82, 2.24) is 4.90 Å². The molecule has 2 rings (SSSR count). The monoisotopic (exact) mass is 245 g/mol. The molecule has 1 N–H and O–H groups in total. The molecular formula is C14H19N3O. The Morgan fingerprint density at radius 1 is 1.33 bits per heavy atom. The summed E-state index contributed by atoms with van der Waals surface area (Å²) in [6.07, 6.45) is 1.09. The molecule has 96 valence electrons. The van der Waals surface area contributed by atoms with E-state index in [0.717, 1.165) is 31.7 Å². The van der Waals surface area contributed by atoms with E-state index in [1.54, 1.807) is 0 Å². The van der Waals surface area contributed by atoms with E-state index in [1.807, 2.05) is 24.3 Å². The molecule has 0 bridgehead atoms. The van der Waals surface area contributed by atoms with Gasteiger partial charge in [-0.25, -0.2) is 0 Å². The van der Waals surface area contributed by atoms with Gasteiger partial charge in [0.25, 0.3) is 0 Å². The van der Waals surface area contributed by atoms with Crippen LogP contribution in [0.25, 0.3) is 0 Å². The molecule has 0 aliphatic carbocycles. The molecule has 1 aromatic carbocycles. The summed E-state index contributed by atoms with van der Waals surface area (Å²) in [5.41, 5.74) is 1.81. The van der Waals surface area contributed by atoms with Crippen LogP contribution >= 0.6 is 0 Å². The van der Waals surface area contributed by atoms with Crippen LogP contribution in [0.5, 0.6) is 0 Å². The van der Waals surface area contributed by atoms with E-state index in [0.29, 0.717) is 5.56 Å². The summed E-state index contributed by atoms with van der Waals surface area (Å²) in [4.78, 5) is 4.50. The Bertz CT molecular complexity index is 424. The normalized spacial score (nSPS) is 21.4. The zero-order chi connectivity index (χ0) is 13.0. The fraction of sp³-hybridized carbons (Fsp3) is 0.500. The Morgan fingerprint density at radius 3 is 2.67 bits per heavy atom. The molecule has 1 heterocycles. The molecule has 1 fully saturated rings. The zero-order valence-corrected chi connectivity index (χ0v) is 10.7. The highest BCUT2D eigenvalue weighted by Gasteiger charge is 2.21. The Labute approximate surface area is 108 Å². The fourth-order valence-electron chi connectivity index (χ4n) is 2.36. The number of aliphatic hydroxyl groups is 1. The van der Waals surface area contributed by atoms with Gasteiger partial charge in [-0.15, -0.1) is 0 Å². The van der Waals surface area contributed by atoms with Crippen molar-refractivity contribution in [3.8, 4) is 6.07 Å². The minimum atomic E-state index is 0.183. The van der Waals surface area contributed by atoms with Crippen molar-refractivity contribution < 1.29 is 5.11 Å². The lowest BCUT2D eigenvalue weighted by atomic mass is 10.2. The average molecular weight is 245 g/mol. The molecular weight excluding hydrogens is 226 g/mol. The number of hydrogen-bond donors (Lipinski definition) is 1. The zero-order valence-electron chi connectivity index (χ0n) is 10.7. The van der Waals surface area contributed by atoms with E-state index in [4.69, 9.17) is 5.26 Å². The second-order valence-electron chi connectivity index (χ2n) is 4.78. The number of anilines is 1. The molecule has 18 heavy (non-hydrogen) atoms. The van der Waals surface area contributed by atoms with Crippen molar-refractivity contribution in [2.24, 2.45) is 0 Å². The summed E-state index contributed by atoms with van der Waals surface area (Å²) in [6, 6.07) is 9.97. The average Bonchev–Trinajstić information content (AvgIpc) is 2.60. The number of nitrogens with zero attached hydrogens (tertiary/aromatic N) is 3. The molecule has 0 amide bonds. The molecule has 0 radical (unpaired) electrons. The first-order valence-corrected chi connectivity index (χ1v) is 6.31. The van der Waals surface area contributed by atoms with Crippen LogP contribution < -0.4 is 4.90 Å². The van der Waals surface area contributed by atoms with Crippen molar-refractivity contribution >= 4 is 5.69 Å². The van der Waals surface area contributed by atoms with E-state index >= 15 is 0 Å². The molecule has 4 heteroatoms. The van der Waals surface area contributed by atoms with Crippen LogP contribution in [0.1, 0.15) is 12.0 Å². The summed E-state index contributed by atoms with van der Waals surface area (Å²) in [6.45, 7) is 3.02. The van der Waals surface area contributed by atoms with Gasteiger partial charge < -0.3 is 10.0 Å². The topological polar surface area (TPSA) is 50.5 Å². The lowest BCUT2D eigenvalue weighted by Crippen LogP contribution is -2.41. The number of rotatable bonds is 2. The predicted molar refractivity (Wildman–Crippen MR) is 71.5 cm³/mol. The van der Waals surface area contributed by atoms with Gasteiger partial charge >= 0.3 is 0 Å². The third-order valence-corrected chi connectivity index (χ3v) is 3.57. The molecule has 1 aromatic rings. The molecule has 1 unspecified atom stereocenters. The molecule has 1 atom stereocenters. The first-order chi connectivity index (χ1) is 8.74. The van der Waals surface area contributed by atoms with E-state index in [-0.39, 0.29) is 12.6 Å². The quantitative estimate of drug-likeness (QED) is 0.846. The maximum atomic E-state index is 9.42. The van der Waals surface area contributed by atoms with E-state index in [9.17, 15) is 5.11 Å². The second-order valence-corrected chi connectivity index (χ2v) is 4.78. The van der Waals surface area contributed by atoms with Crippen LogP contribution in [0.2, 0.25) is 0 Å². The first kappa shape index (κ1) is 12.9. The minimum absolute atomic E-state index is 0.183. The van der Waals surface area contributed by atoms with E-state index in [1.165, 1.54) is 0 Å². The van der Waals surface area contributed by atoms with Crippen LogP contribution in [0.15, 0.2) is 24.3 Å². The smallest absolute Gasteiger partial charge is 0.0991 e. The third-order valence-electron chi connectivity index (χ3n) is 3.57. The summed E-state index contributed by atoms with van der Waals surface area (Å²) in [5.74, 6) is 0. The van der Waals surface area contributed by atoms with Gasteiger partial charge in [0.1, 0.15) is 0 Å². The van der Waals surface area contributed by atoms with Crippen LogP contribution in [0.4, 0.5) is 5.69 Å². The highest BCUT2D eigenvalue weighted by molar-refractivity contribution is 5.50. The van der Waals surface area contributed by atoms with Crippen molar-refractivity contribution in [3.63, 3.8) is 0 Å². The van der Waals surface area contributed by atoms with Crippen LogP contribution in [-0.2, 0) is 0 Å². The largest absolute Gasteiger partial charge is 0.395 e. The maximum Gasteiger partial charge on any atom is 0.0991 e. The molecule has 0 saturated carbocycles. The van der Waals surface area contributed by atoms with Crippen molar-refractivity contribution in [2.45, 2.75) is 12.5 Å². The number of nitriles is 1. The predicted octanol–water partition coefficient (Wildman–Crippen LogP) is 1.06. The lowest BCUT2D eigenvalue weighted by Gasteiger charge is -2.28. The number of hydrogen-bond acceptors (Lipinski definition) is 4. The highest BCUT2D eigenvalue weighted by Crippen LogP contribution is 2.19. The Kier molecular flexibility index (Phi) is 4.19. The van der Waals surface area contributed by atoms with Gasteiger partial charge in [-0.3, -0.25) is 4.90 Å². The SMILES string of the molecule is CN1CCCN(c2ccc(C#N)cc2)CC1CO. The lowest BCUT2D eigenvalue weighted by molar-refractivity contribution is 0.159. The molecule has 1 aliphatic heterocycles. The van der Waals surface area contributed by atoms with Crippen LogP contribution in [0.3, 0.4) is 0 Å². The third kappa shape index (κ3) is 2.81. The van der Waals surface area contributed by atoms with Crippen LogP contribution in [0, 0.1) is 11.3 Å². The van der Waals surface area contributed by atoms with Gasteiger partial charge in [0.2, 0.25) is 0 Å². The first-order valence-electron chi connectivity index (χ1n) is 6.31. The molecule has 1 saturated heterocycles. The van der Waals surface area contributed by atoms with Crippen molar-refractivity contribution in [3.05, 3.63) is 29.8 Å². The van der Waals surface area contributed by atoms with Gasteiger partial charge in [-0.1, -0.05) is 0 Å². The van der Waals surface area contributed by atoms with Gasteiger partial charge in [0.15, 0.2) is 0 Å². The highest BCUT2D eigenvalue weighted by atomic mass is 16.3. The number of likely N-dealkylation sites (N-methyl/N-ethyl adjacent to an activating group) is 1. The molecule has 1 aliphatic rings. The van der Waals surface area contributed by atoms with Crippen LogP contribution in [-0.4, -0.2) is 49.3 Å². The van der Waals surface area contributed by atoms with Gasteiger partial charge in [-0.05, 0) is 44.3 Å². The van der Waals surface area contributed by atoms with Gasteiger partial charge in [0, 0.05) is 24.8 Å². The maximum absolute atomic E-state index is 9.42. The standard InChI is InChI=1S/C14H19N3O/c1-16-7-2-8-17(10-14(16)11-18)13-5-3-12(9-15)4-6-13/h3-6,14,18H,2,7-8,10-11H2,1H3. The number of benzene rings is 1. The van der Waals surface area contributed by atoms with Crippen molar-refractivity contribution in [1.29, 1.82) is 5.26 Å². The summed E-state index contributed by atoms with van der Waals surface area (Å²) >= 11 is 0. The van der Waals surface area contributed by atoms with Crippen molar-refractivity contribution in [2.75, 3.05) is 38.2 Å². The second kappa shape index (κ2) is 5.85.